The summed E-state index contributed by atoms with van der Waals surface area (Å²) in [6.07, 6.45) is 3.32. The smallest absolute Gasteiger partial charge is 0.327 e. The summed E-state index contributed by atoms with van der Waals surface area (Å²) in [6.45, 7) is 4.23. The minimum Gasteiger partial charge on any atom is -0.377 e. The monoisotopic (exact) mass is 513 g/mol. The first-order valence-corrected chi connectivity index (χ1v) is 14.3. The number of hydrogen-bond donors (Lipinski definition) is 0. The molecule has 1 unspecified atom stereocenters. The van der Waals surface area contributed by atoms with Gasteiger partial charge in [-0.25, -0.2) is 13.2 Å². The molecule has 3 aliphatic heterocycles. The number of amides is 3. The molecule has 0 spiro atoms. The van der Waals surface area contributed by atoms with Crippen LogP contribution in [-0.4, -0.2) is 105 Å². The Balaban J connectivity index is 1.15. The van der Waals surface area contributed by atoms with Crippen LogP contribution >= 0.6 is 0 Å². The Bertz CT molecular complexity index is 1230. The predicted molar refractivity (Wildman–Crippen MR) is 140 cm³/mol. The van der Waals surface area contributed by atoms with Gasteiger partial charge < -0.3 is 14.7 Å². The van der Waals surface area contributed by atoms with E-state index in [2.05, 4.69) is 4.90 Å². The van der Waals surface area contributed by atoms with Crippen LogP contribution in [-0.2, 0) is 14.8 Å². The van der Waals surface area contributed by atoms with Crippen LogP contribution in [0.3, 0.4) is 0 Å². The molecule has 3 aliphatic rings. The van der Waals surface area contributed by atoms with E-state index in [1.54, 1.807) is 15.3 Å². The SMILES string of the molecule is CN(C)c1cccc2c(S(=O)(=O)N3CCN(CCCCN4C(=O)C5CCCN5C4=O)CC3)cccc12. The van der Waals surface area contributed by atoms with Crippen molar-refractivity contribution in [2.45, 2.75) is 36.6 Å². The Morgan fingerprint density at radius 3 is 2.31 bits per heavy atom. The molecule has 0 radical (unpaired) electrons. The molecule has 5 rings (SSSR count). The van der Waals surface area contributed by atoms with Gasteiger partial charge in [0.2, 0.25) is 10.0 Å². The summed E-state index contributed by atoms with van der Waals surface area (Å²) in [7, 11) is 0.306. The van der Waals surface area contributed by atoms with E-state index in [0.717, 1.165) is 48.7 Å². The summed E-state index contributed by atoms with van der Waals surface area (Å²) >= 11 is 0. The number of sulfonamides is 1. The van der Waals surface area contributed by atoms with Gasteiger partial charge in [-0.3, -0.25) is 9.69 Å². The van der Waals surface area contributed by atoms with E-state index in [0.29, 0.717) is 44.2 Å². The van der Waals surface area contributed by atoms with Gasteiger partial charge in [-0.1, -0.05) is 24.3 Å². The van der Waals surface area contributed by atoms with Crippen molar-refractivity contribution in [2.24, 2.45) is 0 Å². The van der Waals surface area contributed by atoms with Gasteiger partial charge in [0.15, 0.2) is 0 Å². The summed E-state index contributed by atoms with van der Waals surface area (Å²) in [5.41, 5.74) is 0.993. The molecule has 0 N–H and O–H groups in total. The molecule has 3 fully saturated rings. The second-order valence-corrected chi connectivity index (χ2v) is 12.0. The zero-order chi connectivity index (χ0) is 25.4. The maximum Gasteiger partial charge on any atom is 0.327 e. The summed E-state index contributed by atoms with van der Waals surface area (Å²) in [6, 6.07) is 10.9. The first-order valence-electron chi connectivity index (χ1n) is 12.8. The largest absolute Gasteiger partial charge is 0.377 e. The molecule has 36 heavy (non-hydrogen) atoms. The van der Waals surface area contributed by atoms with Gasteiger partial charge in [0.05, 0.1) is 4.90 Å². The van der Waals surface area contributed by atoms with E-state index in [4.69, 9.17) is 0 Å². The molecular formula is C26H35N5O4S. The first-order chi connectivity index (χ1) is 17.3. The zero-order valence-electron chi connectivity index (χ0n) is 21.1. The quantitative estimate of drug-likeness (QED) is 0.398. The lowest BCUT2D eigenvalue weighted by Gasteiger charge is -2.34. The molecule has 194 valence electrons. The lowest BCUT2D eigenvalue weighted by Crippen LogP contribution is -2.48. The van der Waals surface area contributed by atoms with Crippen LogP contribution in [0, 0.1) is 0 Å². The highest BCUT2D eigenvalue weighted by Crippen LogP contribution is 2.32. The summed E-state index contributed by atoms with van der Waals surface area (Å²) in [5, 5.41) is 1.68. The van der Waals surface area contributed by atoms with Gasteiger partial charge in [0.25, 0.3) is 5.91 Å². The van der Waals surface area contributed by atoms with Crippen LogP contribution in [0.4, 0.5) is 10.5 Å². The van der Waals surface area contributed by atoms with Crippen molar-refractivity contribution in [3.05, 3.63) is 36.4 Å². The van der Waals surface area contributed by atoms with Gasteiger partial charge in [-0.05, 0) is 44.4 Å². The lowest BCUT2D eigenvalue weighted by molar-refractivity contribution is -0.128. The molecule has 0 bridgehead atoms. The molecule has 9 nitrogen and oxygen atoms in total. The lowest BCUT2D eigenvalue weighted by atomic mass is 10.1. The number of carbonyl (C=O) groups is 2. The Kier molecular flexibility index (Phi) is 6.93. The molecule has 0 aromatic heterocycles. The van der Waals surface area contributed by atoms with E-state index in [9.17, 15) is 18.0 Å². The van der Waals surface area contributed by atoms with Gasteiger partial charge >= 0.3 is 6.03 Å². The fraction of sp³-hybridized carbons (Fsp3) is 0.538. The third-order valence-electron chi connectivity index (χ3n) is 7.68. The Morgan fingerprint density at radius 1 is 0.889 bits per heavy atom. The molecule has 1 atom stereocenters. The van der Waals surface area contributed by atoms with E-state index in [1.165, 1.54) is 4.90 Å². The number of unbranched alkanes of at least 4 members (excludes halogenated alkanes) is 1. The second kappa shape index (κ2) is 9.99. The van der Waals surface area contributed by atoms with Gasteiger partial charge in [-0.15, -0.1) is 0 Å². The fourth-order valence-electron chi connectivity index (χ4n) is 5.70. The average molecular weight is 514 g/mol. The van der Waals surface area contributed by atoms with Crippen LogP contribution in [0.15, 0.2) is 41.3 Å². The highest BCUT2D eigenvalue weighted by Gasteiger charge is 2.46. The fourth-order valence-corrected chi connectivity index (χ4v) is 7.33. The van der Waals surface area contributed by atoms with E-state index < -0.39 is 10.0 Å². The maximum atomic E-state index is 13.6. The molecule has 2 aromatic carbocycles. The predicted octanol–water partition coefficient (Wildman–Crippen LogP) is 2.42. The average Bonchev–Trinajstić information content (AvgIpc) is 3.45. The molecule has 10 heteroatoms. The van der Waals surface area contributed by atoms with Gasteiger partial charge in [-0.2, -0.15) is 4.31 Å². The molecule has 0 aliphatic carbocycles. The highest BCUT2D eigenvalue weighted by atomic mass is 32.2. The maximum absolute atomic E-state index is 13.6. The Morgan fingerprint density at radius 2 is 1.58 bits per heavy atom. The third-order valence-corrected chi connectivity index (χ3v) is 9.63. The van der Waals surface area contributed by atoms with Crippen molar-refractivity contribution in [1.82, 2.24) is 19.0 Å². The number of nitrogens with zero attached hydrogens (tertiary/aromatic N) is 5. The second-order valence-electron chi connectivity index (χ2n) is 10.1. The van der Waals surface area contributed by atoms with E-state index >= 15 is 0 Å². The van der Waals surface area contributed by atoms with Crippen LogP contribution in [0.5, 0.6) is 0 Å². The molecule has 3 heterocycles. The van der Waals surface area contributed by atoms with E-state index in [1.807, 2.05) is 49.3 Å². The summed E-state index contributed by atoms with van der Waals surface area (Å²) in [4.78, 5) is 32.6. The minimum absolute atomic E-state index is 0.0394. The number of carbonyl (C=O) groups excluding carboxylic acids is 2. The number of anilines is 1. The van der Waals surface area contributed by atoms with Crippen LogP contribution in [0.2, 0.25) is 0 Å². The topological polar surface area (TPSA) is 84.5 Å². The van der Waals surface area contributed by atoms with Crippen LogP contribution < -0.4 is 4.90 Å². The van der Waals surface area contributed by atoms with E-state index in [-0.39, 0.29) is 18.0 Å². The normalized spacial score (nSPS) is 21.6. The standard InChI is InChI=1S/C26H35N5O4S/c1-27(2)22-10-5-9-21-20(22)8-6-12-24(21)36(34,35)29-18-16-28(17-19-29)13-3-4-14-31-25(32)23-11-7-15-30(23)26(31)33/h5-6,8-10,12,23H,3-4,7,11,13-19H2,1-2H3. The number of imide groups is 1. The van der Waals surface area contributed by atoms with Crippen LogP contribution in [0.1, 0.15) is 25.7 Å². The molecular weight excluding hydrogens is 478 g/mol. The van der Waals surface area contributed by atoms with Crippen molar-refractivity contribution in [2.75, 3.05) is 64.8 Å². The van der Waals surface area contributed by atoms with Crippen molar-refractivity contribution in [3.8, 4) is 0 Å². The van der Waals surface area contributed by atoms with Crippen LogP contribution in [0.25, 0.3) is 10.8 Å². The zero-order valence-corrected chi connectivity index (χ0v) is 21.9. The third kappa shape index (κ3) is 4.46. The minimum atomic E-state index is -3.61. The Labute approximate surface area is 213 Å². The van der Waals surface area contributed by atoms with Crippen molar-refractivity contribution in [1.29, 1.82) is 0 Å². The number of hydrogen-bond acceptors (Lipinski definition) is 6. The van der Waals surface area contributed by atoms with Gasteiger partial charge in [0.1, 0.15) is 6.04 Å². The molecule has 3 amide bonds. The summed E-state index contributed by atoms with van der Waals surface area (Å²) < 4.78 is 28.7. The van der Waals surface area contributed by atoms with Crippen molar-refractivity contribution < 1.29 is 18.0 Å². The number of rotatable bonds is 8. The van der Waals surface area contributed by atoms with Crippen molar-refractivity contribution in [3.63, 3.8) is 0 Å². The molecule has 2 aromatic rings. The Hall–Kier alpha value is -2.69. The van der Waals surface area contributed by atoms with Gasteiger partial charge in [0, 0.05) is 69.8 Å². The number of benzene rings is 2. The highest BCUT2D eigenvalue weighted by molar-refractivity contribution is 7.89. The molecule has 0 saturated carbocycles. The van der Waals surface area contributed by atoms with Crippen molar-refractivity contribution >= 4 is 38.4 Å². The first kappa shape index (κ1) is 25.0. The summed E-state index contributed by atoms with van der Waals surface area (Å²) in [5.74, 6) is -0.0394. The number of urea groups is 1. The molecule has 3 saturated heterocycles. The number of piperazine rings is 1. The number of fused-ring (bicyclic) bond motifs is 2.